The SMILES string of the molecule is CC(=NNC(=O)c1cc2ccccc2cc1O)c1ccc(C)s1. The minimum atomic E-state index is -0.430. The molecule has 0 saturated heterocycles. The van der Waals surface area contributed by atoms with E-state index < -0.39 is 5.91 Å². The summed E-state index contributed by atoms with van der Waals surface area (Å²) < 4.78 is 0. The second-order valence-corrected chi connectivity index (χ2v) is 6.55. The Morgan fingerprint density at radius 2 is 1.83 bits per heavy atom. The van der Waals surface area contributed by atoms with Gasteiger partial charge in [-0.3, -0.25) is 4.79 Å². The van der Waals surface area contributed by atoms with Gasteiger partial charge in [-0.2, -0.15) is 5.10 Å². The number of hydrazone groups is 1. The molecule has 2 N–H and O–H groups in total. The maximum Gasteiger partial charge on any atom is 0.275 e. The molecule has 0 aliphatic rings. The van der Waals surface area contributed by atoms with E-state index >= 15 is 0 Å². The monoisotopic (exact) mass is 324 g/mol. The van der Waals surface area contributed by atoms with Crippen LogP contribution in [-0.2, 0) is 0 Å². The highest BCUT2D eigenvalue weighted by molar-refractivity contribution is 7.14. The number of hydrogen-bond donors (Lipinski definition) is 2. The van der Waals surface area contributed by atoms with E-state index in [2.05, 4.69) is 10.5 Å². The van der Waals surface area contributed by atoms with Crippen LogP contribution >= 0.6 is 11.3 Å². The standard InChI is InChI=1S/C18H16N2O2S/c1-11-7-8-17(23-11)12(2)19-20-18(22)15-9-13-5-3-4-6-14(13)10-16(15)21/h3-10,21H,1-2H3,(H,20,22). The molecular formula is C18H16N2O2S. The third-order valence-electron chi connectivity index (χ3n) is 3.53. The van der Waals surface area contributed by atoms with Crippen LogP contribution in [0.2, 0.25) is 0 Å². The molecule has 0 radical (unpaired) electrons. The minimum Gasteiger partial charge on any atom is -0.507 e. The molecule has 0 unspecified atom stereocenters. The van der Waals surface area contributed by atoms with Crippen LogP contribution in [0, 0.1) is 6.92 Å². The summed E-state index contributed by atoms with van der Waals surface area (Å²) in [5, 5.41) is 16.0. The Morgan fingerprint density at radius 3 is 2.48 bits per heavy atom. The number of phenols is 1. The van der Waals surface area contributed by atoms with E-state index in [-0.39, 0.29) is 11.3 Å². The Bertz CT molecular complexity index is 912. The number of carbonyl (C=O) groups is 1. The molecule has 3 rings (SSSR count). The molecule has 0 aliphatic carbocycles. The average Bonchev–Trinajstić information content (AvgIpc) is 2.98. The van der Waals surface area contributed by atoms with Gasteiger partial charge in [-0.15, -0.1) is 11.3 Å². The summed E-state index contributed by atoms with van der Waals surface area (Å²) >= 11 is 1.62. The molecule has 0 atom stereocenters. The Kier molecular flexibility index (Phi) is 4.12. The number of nitrogens with zero attached hydrogens (tertiary/aromatic N) is 1. The summed E-state index contributed by atoms with van der Waals surface area (Å²) in [4.78, 5) is 14.5. The lowest BCUT2D eigenvalue weighted by atomic mass is 10.1. The van der Waals surface area contributed by atoms with E-state index in [4.69, 9.17) is 0 Å². The molecule has 0 saturated carbocycles. The normalized spacial score (nSPS) is 11.7. The van der Waals surface area contributed by atoms with Gasteiger partial charge in [-0.1, -0.05) is 24.3 Å². The third-order valence-corrected chi connectivity index (χ3v) is 4.64. The van der Waals surface area contributed by atoms with Crippen molar-refractivity contribution in [1.29, 1.82) is 0 Å². The molecule has 4 nitrogen and oxygen atoms in total. The number of thiophene rings is 1. The number of rotatable bonds is 3. The zero-order chi connectivity index (χ0) is 16.4. The number of carbonyl (C=O) groups excluding carboxylic acids is 1. The molecule has 0 bridgehead atoms. The van der Waals surface area contributed by atoms with Crippen molar-refractivity contribution in [3.63, 3.8) is 0 Å². The second-order valence-electron chi connectivity index (χ2n) is 5.26. The van der Waals surface area contributed by atoms with Crippen LogP contribution in [-0.4, -0.2) is 16.7 Å². The van der Waals surface area contributed by atoms with Crippen LogP contribution in [0.1, 0.15) is 27.0 Å². The van der Waals surface area contributed by atoms with Crippen molar-refractivity contribution < 1.29 is 9.90 Å². The zero-order valence-corrected chi connectivity index (χ0v) is 13.6. The first-order valence-electron chi connectivity index (χ1n) is 7.18. The Morgan fingerprint density at radius 1 is 1.13 bits per heavy atom. The van der Waals surface area contributed by atoms with E-state index in [1.165, 1.54) is 4.88 Å². The van der Waals surface area contributed by atoms with E-state index in [1.807, 2.05) is 50.2 Å². The topological polar surface area (TPSA) is 61.7 Å². The average molecular weight is 324 g/mol. The highest BCUT2D eigenvalue weighted by Crippen LogP contribution is 2.25. The van der Waals surface area contributed by atoms with Crippen molar-refractivity contribution in [3.05, 3.63) is 63.8 Å². The van der Waals surface area contributed by atoms with Crippen molar-refractivity contribution in [2.45, 2.75) is 13.8 Å². The Balaban J connectivity index is 1.84. The van der Waals surface area contributed by atoms with Gasteiger partial charge in [-0.25, -0.2) is 5.43 Å². The molecule has 3 aromatic rings. The summed E-state index contributed by atoms with van der Waals surface area (Å²) in [5.41, 5.74) is 3.45. The van der Waals surface area contributed by atoms with Crippen LogP contribution in [0.15, 0.2) is 53.6 Å². The van der Waals surface area contributed by atoms with Gasteiger partial charge in [0.05, 0.1) is 16.2 Å². The first-order chi connectivity index (χ1) is 11.0. The van der Waals surface area contributed by atoms with E-state index in [1.54, 1.807) is 23.5 Å². The Hall–Kier alpha value is -2.66. The number of aryl methyl sites for hydroxylation is 1. The zero-order valence-electron chi connectivity index (χ0n) is 12.8. The largest absolute Gasteiger partial charge is 0.507 e. The summed E-state index contributed by atoms with van der Waals surface area (Å²) in [6.45, 7) is 3.86. The van der Waals surface area contributed by atoms with Gasteiger partial charge in [0.25, 0.3) is 5.91 Å². The maximum atomic E-state index is 12.3. The number of phenolic OH excluding ortho intramolecular Hbond substituents is 1. The molecule has 0 fully saturated rings. The predicted molar refractivity (Wildman–Crippen MR) is 94.3 cm³/mol. The van der Waals surface area contributed by atoms with Gasteiger partial charge >= 0.3 is 0 Å². The smallest absolute Gasteiger partial charge is 0.275 e. The van der Waals surface area contributed by atoms with Gasteiger partial charge in [0.1, 0.15) is 5.75 Å². The number of benzene rings is 2. The summed E-state index contributed by atoms with van der Waals surface area (Å²) in [6, 6.07) is 14.8. The number of hydrogen-bond acceptors (Lipinski definition) is 4. The lowest BCUT2D eigenvalue weighted by molar-refractivity contribution is 0.0952. The van der Waals surface area contributed by atoms with Crippen molar-refractivity contribution in [2.75, 3.05) is 0 Å². The van der Waals surface area contributed by atoms with E-state index in [9.17, 15) is 9.90 Å². The predicted octanol–water partition coefficient (Wildman–Crippen LogP) is 4.07. The second kappa shape index (κ2) is 6.22. The lowest BCUT2D eigenvalue weighted by Crippen LogP contribution is -2.19. The maximum absolute atomic E-state index is 12.3. The number of amides is 1. The molecule has 0 spiro atoms. The molecular weight excluding hydrogens is 308 g/mol. The Labute approximate surface area is 138 Å². The highest BCUT2D eigenvalue weighted by atomic mass is 32.1. The van der Waals surface area contributed by atoms with Gasteiger partial charge in [0.15, 0.2) is 0 Å². The third kappa shape index (κ3) is 3.24. The van der Waals surface area contributed by atoms with E-state index in [0.29, 0.717) is 0 Å². The lowest BCUT2D eigenvalue weighted by Gasteiger charge is -2.06. The fraction of sp³-hybridized carbons (Fsp3) is 0.111. The van der Waals surface area contributed by atoms with Crippen LogP contribution < -0.4 is 5.43 Å². The van der Waals surface area contributed by atoms with Crippen LogP contribution in [0.5, 0.6) is 5.75 Å². The fourth-order valence-electron chi connectivity index (χ4n) is 2.29. The van der Waals surface area contributed by atoms with Crippen LogP contribution in [0.3, 0.4) is 0 Å². The number of aromatic hydroxyl groups is 1. The van der Waals surface area contributed by atoms with E-state index in [0.717, 1.165) is 21.4 Å². The van der Waals surface area contributed by atoms with Gasteiger partial charge in [0, 0.05) is 4.88 Å². The van der Waals surface area contributed by atoms with Crippen molar-refractivity contribution in [3.8, 4) is 5.75 Å². The molecule has 1 heterocycles. The first-order valence-corrected chi connectivity index (χ1v) is 7.99. The molecule has 5 heteroatoms. The van der Waals surface area contributed by atoms with Gasteiger partial charge in [0.2, 0.25) is 0 Å². The summed E-state index contributed by atoms with van der Waals surface area (Å²) in [7, 11) is 0. The van der Waals surface area contributed by atoms with Crippen molar-refractivity contribution in [1.82, 2.24) is 5.43 Å². The molecule has 1 amide bonds. The number of fused-ring (bicyclic) bond motifs is 1. The molecule has 1 aromatic heterocycles. The molecule has 2 aromatic carbocycles. The first kappa shape index (κ1) is 15.2. The summed E-state index contributed by atoms with van der Waals surface area (Å²) in [6.07, 6.45) is 0. The quantitative estimate of drug-likeness (QED) is 0.563. The van der Waals surface area contributed by atoms with Crippen molar-refractivity contribution >= 4 is 33.7 Å². The summed E-state index contributed by atoms with van der Waals surface area (Å²) in [5.74, 6) is -0.484. The fourth-order valence-corrected chi connectivity index (χ4v) is 3.10. The molecule has 116 valence electrons. The number of nitrogens with one attached hydrogen (secondary N) is 1. The molecule has 0 aliphatic heterocycles. The highest BCUT2D eigenvalue weighted by Gasteiger charge is 2.12. The van der Waals surface area contributed by atoms with Crippen LogP contribution in [0.25, 0.3) is 10.8 Å². The minimum absolute atomic E-state index is 0.0546. The molecule has 23 heavy (non-hydrogen) atoms. The van der Waals surface area contributed by atoms with Crippen LogP contribution in [0.4, 0.5) is 0 Å². The van der Waals surface area contributed by atoms with Gasteiger partial charge < -0.3 is 5.11 Å². The van der Waals surface area contributed by atoms with Gasteiger partial charge in [-0.05, 0) is 48.9 Å². The van der Waals surface area contributed by atoms with Crippen molar-refractivity contribution in [2.24, 2.45) is 5.10 Å².